The largest absolute Gasteiger partial charge is 0.481 e. The summed E-state index contributed by atoms with van der Waals surface area (Å²) in [4.78, 5) is 34.8. The Balaban J connectivity index is 2.51. The van der Waals surface area contributed by atoms with Crippen molar-refractivity contribution in [3.63, 3.8) is 0 Å². The van der Waals surface area contributed by atoms with Gasteiger partial charge in [0.05, 0.1) is 12.3 Å². The highest BCUT2D eigenvalue weighted by Crippen LogP contribution is 2.15. The van der Waals surface area contributed by atoms with E-state index in [4.69, 9.17) is 16.2 Å². The van der Waals surface area contributed by atoms with E-state index >= 15 is 0 Å². The number of hydrogen-bond donors (Lipinski definition) is 6. The second-order valence-electron chi connectivity index (χ2n) is 6.00. The molecule has 2 amide bonds. The van der Waals surface area contributed by atoms with Gasteiger partial charge in [-0.05, 0) is 18.4 Å². The van der Waals surface area contributed by atoms with Gasteiger partial charge in [0, 0.05) is 26.1 Å². The topological polar surface area (TPSA) is 157 Å². The Morgan fingerprint density at radius 1 is 1.00 bits per heavy atom. The van der Waals surface area contributed by atoms with E-state index < -0.39 is 17.8 Å². The van der Waals surface area contributed by atoms with E-state index in [0.29, 0.717) is 13.1 Å². The second-order valence-corrected chi connectivity index (χ2v) is 6.00. The van der Waals surface area contributed by atoms with Gasteiger partial charge < -0.3 is 26.8 Å². The molecule has 1 atom stereocenters. The van der Waals surface area contributed by atoms with Crippen molar-refractivity contribution in [2.75, 3.05) is 19.6 Å². The maximum atomic E-state index is 12.5. The van der Waals surface area contributed by atoms with Gasteiger partial charge in [-0.3, -0.25) is 19.8 Å². The summed E-state index contributed by atoms with van der Waals surface area (Å²) >= 11 is 0. The van der Waals surface area contributed by atoms with Crippen LogP contribution >= 0.6 is 0 Å². The van der Waals surface area contributed by atoms with E-state index in [-0.39, 0.29) is 31.3 Å². The summed E-state index contributed by atoms with van der Waals surface area (Å²) in [5, 5.41) is 23.9. The van der Waals surface area contributed by atoms with Gasteiger partial charge in [-0.25, -0.2) is 0 Å². The first-order valence-electron chi connectivity index (χ1n) is 8.79. The lowest BCUT2D eigenvalue weighted by molar-refractivity contribution is -0.139. The molecule has 0 aliphatic carbocycles. The summed E-state index contributed by atoms with van der Waals surface area (Å²) in [5.41, 5.74) is 5.96. The Kier molecular flexibility index (Phi) is 9.98. The van der Waals surface area contributed by atoms with Crippen molar-refractivity contribution in [2.45, 2.75) is 31.6 Å². The zero-order valence-corrected chi connectivity index (χ0v) is 15.2. The molecule has 0 radical (unpaired) electrons. The van der Waals surface area contributed by atoms with Crippen LogP contribution in [0.15, 0.2) is 30.3 Å². The van der Waals surface area contributed by atoms with Crippen molar-refractivity contribution >= 4 is 23.7 Å². The van der Waals surface area contributed by atoms with Crippen molar-refractivity contribution < 1.29 is 19.5 Å². The molecule has 7 N–H and O–H groups in total. The first kappa shape index (κ1) is 21.9. The van der Waals surface area contributed by atoms with E-state index in [1.165, 1.54) is 0 Å². The fourth-order valence-electron chi connectivity index (χ4n) is 2.38. The lowest BCUT2D eigenvalue weighted by Gasteiger charge is -2.18. The van der Waals surface area contributed by atoms with Gasteiger partial charge in [0.15, 0.2) is 5.96 Å². The highest BCUT2D eigenvalue weighted by molar-refractivity contribution is 5.85. The number of unbranched alkanes of at least 4 members (excludes halogenated alkanes) is 1. The van der Waals surface area contributed by atoms with E-state index in [0.717, 1.165) is 18.4 Å². The third-order valence-electron chi connectivity index (χ3n) is 3.81. The van der Waals surface area contributed by atoms with Crippen LogP contribution in [0.2, 0.25) is 0 Å². The average molecular weight is 377 g/mol. The van der Waals surface area contributed by atoms with Crippen LogP contribution < -0.4 is 21.7 Å². The first-order valence-corrected chi connectivity index (χ1v) is 8.79. The molecule has 0 heterocycles. The standard InChI is InChI=1S/C18H27N5O4/c19-18(20)22-11-5-4-10-21-17(27)14(13-6-2-1-3-7-13)12-23-15(24)8-9-16(25)26/h1-3,6-7,14H,4-5,8-12H2,(H,21,27)(H,23,24)(H,25,26)(H4,19,20,22)/t14-/m0/s1. The fraction of sp³-hybridized carbons (Fsp3) is 0.444. The van der Waals surface area contributed by atoms with Crippen LogP contribution in [0.4, 0.5) is 0 Å². The number of nitrogens with one attached hydrogen (secondary N) is 4. The van der Waals surface area contributed by atoms with Crippen molar-refractivity contribution in [3.05, 3.63) is 35.9 Å². The van der Waals surface area contributed by atoms with Gasteiger partial charge >= 0.3 is 5.97 Å². The average Bonchev–Trinajstić information content (AvgIpc) is 2.63. The van der Waals surface area contributed by atoms with Crippen LogP contribution in [-0.2, 0) is 14.4 Å². The zero-order valence-electron chi connectivity index (χ0n) is 15.2. The summed E-state index contributed by atoms with van der Waals surface area (Å²) in [6, 6.07) is 9.09. The van der Waals surface area contributed by atoms with Gasteiger partial charge in [-0.1, -0.05) is 30.3 Å². The molecule has 0 unspecified atom stereocenters. The number of carbonyl (C=O) groups excluding carboxylic acids is 2. The first-order chi connectivity index (χ1) is 12.9. The summed E-state index contributed by atoms with van der Waals surface area (Å²) in [6.07, 6.45) is 1.10. The highest BCUT2D eigenvalue weighted by atomic mass is 16.4. The fourth-order valence-corrected chi connectivity index (χ4v) is 2.38. The van der Waals surface area contributed by atoms with Crippen molar-refractivity contribution in [2.24, 2.45) is 5.73 Å². The van der Waals surface area contributed by atoms with Crippen LogP contribution in [0.3, 0.4) is 0 Å². The molecule has 9 heteroatoms. The molecule has 1 aromatic carbocycles. The van der Waals surface area contributed by atoms with Crippen LogP contribution in [0, 0.1) is 5.41 Å². The van der Waals surface area contributed by atoms with Crippen LogP contribution in [0.5, 0.6) is 0 Å². The predicted molar refractivity (Wildman–Crippen MR) is 101 cm³/mol. The van der Waals surface area contributed by atoms with Crippen molar-refractivity contribution in [3.8, 4) is 0 Å². The molecule has 0 aromatic heterocycles. The van der Waals surface area contributed by atoms with E-state index in [1.54, 1.807) is 0 Å². The number of rotatable bonds is 12. The SMILES string of the molecule is N=C(N)NCCCCNC(=O)[C@@H](CNC(=O)CCC(=O)O)c1ccccc1. The number of nitrogens with two attached hydrogens (primary N) is 1. The van der Waals surface area contributed by atoms with Gasteiger partial charge in [0.25, 0.3) is 0 Å². The number of carboxylic acids is 1. The Morgan fingerprint density at radius 3 is 2.22 bits per heavy atom. The number of amides is 2. The van der Waals surface area contributed by atoms with Crippen LogP contribution in [0.1, 0.15) is 37.2 Å². The summed E-state index contributed by atoms with van der Waals surface area (Å²) in [5.74, 6) is -2.29. The number of benzene rings is 1. The predicted octanol–water partition coefficient (Wildman–Crippen LogP) is 0.131. The van der Waals surface area contributed by atoms with Crippen molar-refractivity contribution in [1.82, 2.24) is 16.0 Å². The smallest absolute Gasteiger partial charge is 0.303 e. The lowest BCUT2D eigenvalue weighted by Crippen LogP contribution is -2.38. The van der Waals surface area contributed by atoms with Gasteiger partial charge in [-0.15, -0.1) is 0 Å². The highest BCUT2D eigenvalue weighted by Gasteiger charge is 2.21. The molecule has 148 valence electrons. The molecule has 0 spiro atoms. The second kappa shape index (κ2) is 12.3. The number of guanidine groups is 1. The molecule has 0 aliphatic rings. The lowest BCUT2D eigenvalue weighted by atomic mass is 9.98. The summed E-state index contributed by atoms with van der Waals surface area (Å²) in [6.45, 7) is 1.13. The Labute approximate surface area is 158 Å². The van der Waals surface area contributed by atoms with Crippen molar-refractivity contribution in [1.29, 1.82) is 5.41 Å². The molecule has 0 aliphatic heterocycles. The molecule has 1 rings (SSSR count). The third kappa shape index (κ3) is 9.83. The number of hydrogen-bond acceptors (Lipinski definition) is 4. The normalized spacial score (nSPS) is 11.3. The van der Waals surface area contributed by atoms with Gasteiger partial charge in [0.1, 0.15) is 0 Å². The monoisotopic (exact) mass is 377 g/mol. The van der Waals surface area contributed by atoms with Crippen LogP contribution in [0.25, 0.3) is 0 Å². The minimum absolute atomic E-state index is 0.0817. The molecule has 0 fully saturated rings. The van der Waals surface area contributed by atoms with Gasteiger partial charge in [0.2, 0.25) is 11.8 Å². The van der Waals surface area contributed by atoms with E-state index in [2.05, 4.69) is 16.0 Å². The van der Waals surface area contributed by atoms with E-state index in [9.17, 15) is 14.4 Å². The molecular weight excluding hydrogens is 350 g/mol. The van der Waals surface area contributed by atoms with Gasteiger partial charge in [-0.2, -0.15) is 0 Å². The summed E-state index contributed by atoms with van der Waals surface area (Å²) < 4.78 is 0. The molecule has 0 saturated carbocycles. The molecule has 27 heavy (non-hydrogen) atoms. The molecule has 0 saturated heterocycles. The Morgan fingerprint density at radius 2 is 1.63 bits per heavy atom. The Bertz CT molecular complexity index is 636. The Hall–Kier alpha value is -3.10. The zero-order chi connectivity index (χ0) is 20.1. The molecule has 1 aromatic rings. The minimum Gasteiger partial charge on any atom is -0.481 e. The molecular formula is C18H27N5O4. The third-order valence-corrected chi connectivity index (χ3v) is 3.81. The molecule has 0 bridgehead atoms. The number of aliphatic carboxylic acids is 1. The maximum Gasteiger partial charge on any atom is 0.303 e. The number of carbonyl (C=O) groups is 3. The quantitative estimate of drug-likeness (QED) is 0.173. The molecule has 9 nitrogen and oxygen atoms in total. The summed E-state index contributed by atoms with van der Waals surface area (Å²) in [7, 11) is 0. The van der Waals surface area contributed by atoms with Crippen LogP contribution in [-0.4, -0.2) is 48.5 Å². The minimum atomic E-state index is -1.04. The maximum absolute atomic E-state index is 12.5. The van der Waals surface area contributed by atoms with E-state index in [1.807, 2.05) is 30.3 Å². The number of carboxylic acid groups (broad SMARTS) is 1.